The quantitative estimate of drug-likeness (QED) is 0.510. The molecular formula is C15H10N2O6S. The minimum atomic E-state index is -4.18. The molecular weight excluding hydrogens is 336 g/mol. The number of aromatic nitrogens is 2. The van der Waals surface area contributed by atoms with Crippen LogP contribution in [0.1, 0.15) is 10.4 Å². The van der Waals surface area contributed by atoms with E-state index < -0.39 is 20.7 Å². The summed E-state index contributed by atoms with van der Waals surface area (Å²) in [7, 11) is -4.18. The Morgan fingerprint density at radius 1 is 1.08 bits per heavy atom. The highest BCUT2D eigenvalue weighted by Crippen LogP contribution is 2.28. The van der Waals surface area contributed by atoms with Gasteiger partial charge in [-0.2, -0.15) is 0 Å². The van der Waals surface area contributed by atoms with Crippen LogP contribution in [0.15, 0.2) is 69.1 Å². The van der Waals surface area contributed by atoms with Crippen molar-refractivity contribution in [2.45, 2.75) is 9.92 Å². The van der Waals surface area contributed by atoms with E-state index in [0.29, 0.717) is 11.8 Å². The lowest BCUT2D eigenvalue weighted by Crippen LogP contribution is -2.30. The highest BCUT2D eigenvalue weighted by Gasteiger charge is 2.36. The normalized spacial score (nSPS) is 11.2. The summed E-state index contributed by atoms with van der Waals surface area (Å²) in [5.41, 5.74) is 0.415. The lowest BCUT2D eigenvalue weighted by Gasteiger charge is -2.03. The molecule has 0 N–H and O–H groups in total. The molecule has 0 aliphatic heterocycles. The number of aldehydes is 1. The Labute approximate surface area is 136 Å². The van der Waals surface area contributed by atoms with E-state index in [1.165, 1.54) is 48.5 Å². The summed E-state index contributed by atoms with van der Waals surface area (Å²) >= 11 is 0. The molecule has 1 heterocycles. The van der Waals surface area contributed by atoms with E-state index in [0.717, 1.165) is 0 Å². The average molecular weight is 346 g/mol. The van der Waals surface area contributed by atoms with Crippen molar-refractivity contribution < 1.29 is 27.5 Å². The van der Waals surface area contributed by atoms with Gasteiger partial charge in [0.15, 0.2) is 0 Å². The molecule has 0 saturated carbocycles. The summed E-state index contributed by atoms with van der Waals surface area (Å²) < 4.78 is 34.8. The van der Waals surface area contributed by atoms with E-state index in [9.17, 15) is 18.4 Å². The third-order valence-corrected chi connectivity index (χ3v) is 4.81. The number of ether oxygens (including phenoxy) is 1. The third-order valence-electron chi connectivity index (χ3n) is 3.09. The first-order chi connectivity index (χ1) is 11.5. The highest BCUT2D eigenvalue weighted by atomic mass is 32.2. The third kappa shape index (κ3) is 2.84. The SMILES string of the molecule is O=Cc1ccc(Oc2no[n+]([O-])c2S(=O)(=O)c2ccccc2)cc1. The van der Waals surface area contributed by atoms with Gasteiger partial charge in [-0.25, -0.2) is 8.42 Å². The van der Waals surface area contributed by atoms with Crippen LogP contribution in [0.4, 0.5) is 0 Å². The van der Waals surface area contributed by atoms with Crippen LogP contribution in [0.25, 0.3) is 0 Å². The fraction of sp³-hybridized carbons (Fsp3) is 0. The summed E-state index contributed by atoms with van der Waals surface area (Å²) in [6.45, 7) is 0. The molecule has 24 heavy (non-hydrogen) atoms. The summed E-state index contributed by atoms with van der Waals surface area (Å²) in [5.74, 6) is -0.299. The Morgan fingerprint density at radius 2 is 1.75 bits per heavy atom. The maximum atomic E-state index is 12.6. The van der Waals surface area contributed by atoms with Crippen LogP contribution in [0.2, 0.25) is 0 Å². The molecule has 3 rings (SSSR count). The molecule has 0 unspecified atom stereocenters. The molecule has 2 aromatic carbocycles. The van der Waals surface area contributed by atoms with E-state index >= 15 is 0 Å². The highest BCUT2D eigenvalue weighted by molar-refractivity contribution is 7.91. The van der Waals surface area contributed by atoms with Gasteiger partial charge in [0.25, 0.3) is 9.84 Å². The first-order valence-electron chi connectivity index (χ1n) is 6.65. The van der Waals surface area contributed by atoms with Gasteiger partial charge in [-0.3, -0.25) is 9.42 Å². The molecule has 0 radical (unpaired) electrons. The van der Waals surface area contributed by atoms with Crippen molar-refractivity contribution in [2.24, 2.45) is 0 Å². The van der Waals surface area contributed by atoms with E-state index in [-0.39, 0.29) is 15.5 Å². The van der Waals surface area contributed by atoms with Gasteiger partial charge in [-0.15, -0.1) is 0 Å². The van der Waals surface area contributed by atoms with Crippen LogP contribution in [-0.2, 0) is 9.84 Å². The van der Waals surface area contributed by atoms with Gasteiger partial charge in [0.1, 0.15) is 12.0 Å². The molecule has 3 aromatic rings. The first kappa shape index (κ1) is 15.7. The van der Waals surface area contributed by atoms with Gasteiger partial charge in [0.2, 0.25) is 0 Å². The van der Waals surface area contributed by atoms with Crippen LogP contribution < -0.4 is 9.64 Å². The van der Waals surface area contributed by atoms with Crippen molar-refractivity contribution in [3.05, 3.63) is 65.4 Å². The molecule has 0 bridgehead atoms. The van der Waals surface area contributed by atoms with Crippen molar-refractivity contribution >= 4 is 16.1 Å². The number of carbonyl (C=O) groups is 1. The molecule has 0 spiro atoms. The molecule has 0 aliphatic carbocycles. The van der Waals surface area contributed by atoms with Gasteiger partial charge in [0, 0.05) is 5.56 Å². The van der Waals surface area contributed by atoms with Gasteiger partial charge in [0.05, 0.1) is 10.1 Å². The van der Waals surface area contributed by atoms with E-state index in [4.69, 9.17) is 4.74 Å². The molecule has 122 valence electrons. The first-order valence-corrected chi connectivity index (χ1v) is 8.13. The largest absolute Gasteiger partial charge is 0.420 e. The second kappa shape index (κ2) is 6.13. The molecule has 0 atom stereocenters. The van der Waals surface area contributed by atoms with Crippen molar-refractivity contribution in [3.8, 4) is 11.6 Å². The molecule has 0 aliphatic rings. The number of sulfone groups is 1. The van der Waals surface area contributed by atoms with E-state index in [2.05, 4.69) is 9.79 Å². The van der Waals surface area contributed by atoms with E-state index in [1.807, 2.05) is 0 Å². The number of carbonyl (C=O) groups excluding carboxylic acids is 1. The summed E-state index contributed by atoms with van der Waals surface area (Å²) in [6, 6.07) is 13.2. The number of benzene rings is 2. The zero-order chi connectivity index (χ0) is 17.2. The summed E-state index contributed by atoms with van der Waals surface area (Å²) in [4.78, 5) is 10.3. The Hall–Kier alpha value is -3.20. The molecule has 0 saturated heterocycles. The number of nitrogens with zero attached hydrogens (tertiary/aromatic N) is 2. The Kier molecular flexibility index (Phi) is 4.00. The summed E-state index contributed by atoms with van der Waals surface area (Å²) in [6.07, 6.45) is 0.650. The second-order valence-electron chi connectivity index (χ2n) is 4.65. The molecule has 8 nitrogen and oxygen atoms in total. The minimum absolute atomic E-state index is 0.0982. The fourth-order valence-electron chi connectivity index (χ4n) is 1.94. The maximum absolute atomic E-state index is 12.6. The number of rotatable bonds is 5. The Morgan fingerprint density at radius 3 is 2.38 bits per heavy atom. The van der Waals surface area contributed by atoms with Gasteiger partial charge in [-0.1, -0.05) is 18.2 Å². The van der Waals surface area contributed by atoms with Crippen molar-refractivity contribution in [1.82, 2.24) is 5.16 Å². The Balaban J connectivity index is 2.01. The van der Waals surface area contributed by atoms with Gasteiger partial charge >= 0.3 is 10.9 Å². The minimum Gasteiger partial charge on any atom is -0.415 e. The lowest BCUT2D eigenvalue weighted by atomic mass is 10.2. The Bertz CT molecular complexity index is 965. The van der Waals surface area contributed by atoms with Crippen LogP contribution in [0.5, 0.6) is 11.6 Å². The number of hydrogen-bond acceptors (Lipinski definition) is 7. The van der Waals surface area contributed by atoms with Crippen molar-refractivity contribution in [2.75, 3.05) is 0 Å². The van der Waals surface area contributed by atoms with Crippen LogP contribution in [0.3, 0.4) is 0 Å². The summed E-state index contributed by atoms with van der Waals surface area (Å²) in [5, 5.41) is 14.3. The average Bonchev–Trinajstić information content (AvgIpc) is 2.97. The molecule has 1 aromatic heterocycles. The van der Waals surface area contributed by atoms with Gasteiger partial charge < -0.3 is 9.94 Å². The standard InChI is InChI=1S/C15H10N2O6S/c18-10-11-6-8-12(9-7-11)22-14-15(17(19)23-16-14)24(20,21)13-4-2-1-3-5-13/h1-10H. The zero-order valence-electron chi connectivity index (χ0n) is 12.0. The van der Waals surface area contributed by atoms with Crippen LogP contribution in [0, 0.1) is 5.21 Å². The monoisotopic (exact) mass is 346 g/mol. The lowest BCUT2D eigenvalue weighted by molar-refractivity contribution is -0.832. The number of hydrogen-bond donors (Lipinski definition) is 0. The molecule has 9 heteroatoms. The van der Waals surface area contributed by atoms with Crippen LogP contribution in [-0.4, -0.2) is 19.9 Å². The van der Waals surface area contributed by atoms with Gasteiger partial charge in [-0.05, 0) is 41.3 Å². The predicted molar refractivity (Wildman–Crippen MR) is 79.3 cm³/mol. The van der Waals surface area contributed by atoms with E-state index in [1.54, 1.807) is 6.07 Å². The fourth-order valence-corrected chi connectivity index (χ4v) is 3.22. The van der Waals surface area contributed by atoms with Crippen molar-refractivity contribution in [3.63, 3.8) is 0 Å². The second-order valence-corrected chi connectivity index (χ2v) is 6.51. The molecule has 0 amide bonds. The smallest absolute Gasteiger partial charge is 0.415 e. The molecule has 0 fully saturated rings. The van der Waals surface area contributed by atoms with Crippen LogP contribution >= 0.6 is 0 Å². The maximum Gasteiger partial charge on any atom is 0.420 e. The topological polar surface area (TPSA) is 113 Å². The van der Waals surface area contributed by atoms with Crippen molar-refractivity contribution in [1.29, 1.82) is 0 Å². The zero-order valence-corrected chi connectivity index (χ0v) is 12.8. The predicted octanol–water partition coefficient (Wildman–Crippen LogP) is 1.75.